The number of aryl methyl sites for hydroxylation is 2. The van der Waals surface area contributed by atoms with E-state index in [2.05, 4.69) is 17.1 Å². The lowest BCUT2D eigenvalue weighted by Gasteiger charge is -2.29. The Hall–Kier alpha value is -2.82. The van der Waals surface area contributed by atoms with Gasteiger partial charge in [-0.15, -0.1) is 0 Å². The Morgan fingerprint density at radius 1 is 1.14 bits per heavy atom. The highest BCUT2D eigenvalue weighted by atomic mass is 16.3. The van der Waals surface area contributed by atoms with E-state index in [0.717, 1.165) is 53.5 Å². The molecule has 0 radical (unpaired) electrons. The zero-order valence-electron chi connectivity index (χ0n) is 17.2. The number of carbonyl (C=O) groups is 1. The summed E-state index contributed by atoms with van der Waals surface area (Å²) in [6.07, 6.45) is 6.87. The van der Waals surface area contributed by atoms with Gasteiger partial charge in [0.05, 0.1) is 24.9 Å². The van der Waals surface area contributed by atoms with E-state index in [0.29, 0.717) is 12.1 Å². The monoisotopic (exact) mass is 392 g/mol. The first-order chi connectivity index (χ1) is 14.0. The van der Waals surface area contributed by atoms with Gasteiger partial charge in [-0.1, -0.05) is 30.9 Å². The Kier molecular flexibility index (Phi) is 5.56. The quantitative estimate of drug-likeness (QED) is 0.675. The van der Waals surface area contributed by atoms with Crippen molar-refractivity contribution in [1.82, 2.24) is 9.88 Å². The van der Waals surface area contributed by atoms with Gasteiger partial charge < -0.3 is 14.3 Å². The van der Waals surface area contributed by atoms with Crippen LogP contribution >= 0.6 is 0 Å². The predicted octanol–water partition coefficient (Wildman–Crippen LogP) is 4.85. The molecule has 1 aliphatic rings. The van der Waals surface area contributed by atoms with Crippen LogP contribution in [0.1, 0.15) is 54.6 Å². The zero-order valence-corrected chi connectivity index (χ0v) is 17.2. The minimum Gasteiger partial charge on any atom is -0.467 e. The van der Waals surface area contributed by atoms with Crippen LogP contribution in [0, 0.1) is 19.8 Å². The molecule has 0 saturated heterocycles. The first kappa shape index (κ1) is 19.5. The number of nitrogens with one attached hydrogen (secondary N) is 1. The molecule has 3 aromatic rings. The van der Waals surface area contributed by atoms with E-state index in [4.69, 9.17) is 4.42 Å². The normalized spacial score (nSPS) is 15.0. The summed E-state index contributed by atoms with van der Waals surface area (Å²) >= 11 is 0. The first-order valence-corrected chi connectivity index (χ1v) is 10.5. The lowest BCUT2D eigenvalue weighted by Crippen LogP contribution is -2.37. The Morgan fingerprint density at radius 2 is 1.93 bits per heavy atom. The van der Waals surface area contributed by atoms with Gasteiger partial charge in [0.2, 0.25) is 5.91 Å². The van der Waals surface area contributed by atoms with E-state index in [1.54, 1.807) is 11.2 Å². The van der Waals surface area contributed by atoms with Crippen LogP contribution in [0.3, 0.4) is 0 Å². The number of furan rings is 1. The molecule has 29 heavy (non-hydrogen) atoms. The van der Waals surface area contributed by atoms with Gasteiger partial charge in [0.15, 0.2) is 0 Å². The average molecular weight is 392 g/mol. The number of rotatable bonds is 5. The largest absolute Gasteiger partial charge is 0.467 e. The predicted molar refractivity (Wildman–Crippen MR) is 114 cm³/mol. The summed E-state index contributed by atoms with van der Waals surface area (Å²) in [5.74, 6) is 0.904. The van der Waals surface area contributed by atoms with Crippen molar-refractivity contribution in [2.45, 2.75) is 59.0 Å². The molecule has 0 unspecified atom stereocenters. The van der Waals surface area contributed by atoms with Gasteiger partial charge in [-0.3, -0.25) is 9.59 Å². The van der Waals surface area contributed by atoms with Crippen molar-refractivity contribution in [3.8, 4) is 0 Å². The molecule has 1 amide bonds. The molecule has 0 aliphatic heterocycles. The zero-order chi connectivity index (χ0) is 20.4. The van der Waals surface area contributed by atoms with Crippen molar-refractivity contribution >= 4 is 16.8 Å². The summed E-state index contributed by atoms with van der Waals surface area (Å²) in [4.78, 5) is 30.9. The molecular formula is C24H28N2O3. The Labute approximate surface area is 170 Å². The number of aromatic nitrogens is 1. The van der Waals surface area contributed by atoms with E-state index < -0.39 is 0 Å². The van der Waals surface area contributed by atoms with Gasteiger partial charge in [0.1, 0.15) is 5.76 Å². The smallest absolute Gasteiger partial charge is 0.253 e. The number of H-pyrrole nitrogens is 1. The third-order valence-electron chi connectivity index (χ3n) is 5.92. The number of pyridine rings is 1. The van der Waals surface area contributed by atoms with Crippen LogP contribution in [-0.4, -0.2) is 15.8 Å². The lowest BCUT2D eigenvalue weighted by atomic mass is 9.88. The van der Waals surface area contributed by atoms with Crippen molar-refractivity contribution < 1.29 is 9.21 Å². The molecule has 0 spiro atoms. The summed E-state index contributed by atoms with van der Waals surface area (Å²) in [5.41, 5.74) is 3.54. The van der Waals surface area contributed by atoms with Crippen LogP contribution in [0.25, 0.3) is 10.9 Å². The van der Waals surface area contributed by atoms with Crippen LogP contribution in [0.15, 0.2) is 45.8 Å². The highest BCUT2D eigenvalue weighted by Gasteiger charge is 2.27. The number of hydrogen-bond acceptors (Lipinski definition) is 3. The highest BCUT2D eigenvalue weighted by molar-refractivity contribution is 5.83. The van der Waals surface area contributed by atoms with E-state index in [1.807, 2.05) is 32.0 Å². The molecule has 0 bridgehead atoms. The van der Waals surface area contributed by atoms with Crippen molar-refractivity contribution in [1.29, 1.82) is 0 Å². The number of hydrogen-bond donors (Lipinski definition) is 1. The number of benzene rings is 1. The number of fused-ring (bicyclic) bond motifs is 1. The molecule has 1 N–H and O–H groups in total. The molecule has 2 aromatic heterocycles. The molecular weight excluding hydrogens is 364 g/mol. The van der Waals surface area contributed by atoms with Gasteiger partial charge in [-0.05, 0) is 61.9 Å². The fourth-order valence-electron chi connectivity index (χ4n) is 4.47. The number of aromatic amines is 1. The molecule has 1 aliphatic carbocycles. The minimum absolute atomic E-state index is 0.0442. The molecule has 1 fully saturated rings. The minimum atomic E-state index is -0.134. The summed E-state index contributed by atoms with van der Waals surface area (Å²) in [6, 6.07) is 9.76. The second-order valence-electron chi connectivity index (χ2n) is 8.28. The van der Waals surface area contributed by atoms with Crippen LogP contribution in [0.5, 0.6) is 0 Å². The van der Waals surface area contributed by atoms with E-state index >= 15 is 0 Å². The molecule has 1 saturated carbocycles. The summed E-state index contributed by atoms with van der Waals surface area (Å²) in [5, 5.41) is 1.00. The molecule has 5 nitrogen and oxygen atoms in total. The molecule has 4 rings (SSSR count). The lowest BCUT2D eigenvalue weighted by molar-refractivity contribution is -0.138. The Morgan fingerprint density at radius 3 is 2.66 bits per heavy atom. The Balaban J connectivity index is 1.66. The molecule has 152 valence electrons. The fourth-order valence-corrected chi connectivity index (χ4v) is 4.47. The molecule has 0 atom stereocenters. The third-order valence-corrected chi connectivity index (χ3v) is 5.92. The third kappa shape index (κ3) is 4.29. The molecule has 2 heterocycles. The Bertz CT molecular complexity index is 1060. The van der Waals surface area contributed by atoms with Crippen molar-refractivity contribution in [2.75, 3.05) is 0 Å². The maximum atomic E-state index is 13.3. The van der Waals surface area contributed by atoms with E-state index in [1.165, 1.54) is 6.42 Å². The van der Waals surface area contributed by atoms with Gasteiger partial charge in [0, 0.05) is 11.5 Å². The SMILES string of the molecule is Cc1cc(C)c2[nH]c(=O)c(CN(Cc3ccco3)C(=O)C3CCCCC3)cc2c1. The summed E-state index contributed by atoms with van der Waals surface area (Å²) in [6.45, 7) is 4.72. The van der Waals surface area contributed by atoms with E-state index in [9.17, 15) is 9.59 Å². The maximum Gasteiger partial charge on any atom is 0.253 e. The number of nitrogens with zero attached hydrogens (tertiary/aromatic N) is 1. The first-order valence-electron chi connectivity index (χ1n) is 10.5. The van der Waals surface area contributed by atoms with Crippen molar-refractivity contribution in [3.63, 3.8) is 0 Å². The highest BCUT2D eigenvalue weighted by Crippen LogP contribution is 2.27. The maximum absolute atomic E-state index is 13.3. The van der Waals surface area contributed by atoms with Crippen LogP contribution in [0.2, 0.25) is 0 Å². The van der Waals surface area contributed by atoms with Crippen LogP contribution < -0.4 is 5.56 Å². The number of amides is 1. The van der Waals surface area contributed by atoms with Crippen LogP contribution in [-0.2, 0) is 17.9 Å². The van der Waals surface area contributed by atoms with Crippen molar-refractivity contribution in [3.05, 3.63) is 69.4 Å². The second kappa shape index (κ2) is 8.27. The second-order valence-corrected chi connectivity index (χ2v) is 8.28. The number of carbonyl (C=O) groups excluding carboxylic acids is 1. The van der Waals surface area contributed by atoms with Crippen molar-refractivity contribution in [2.24, 2.45) is 5.92 Å². The van der Waals surface area contributed by atoms with Gasteiger partial charge in [0.25, 0.3) is 5.56 Å². The van der Waals surface area contributed by atoms with Crippen LogP contribution in [0.4, 0.5) is 0 Å². The summed E-state index contributed by atoms with van der Waals surface area (Å²) < 4.78 is 5.49. The topological polar surface area (TPSA) is 66.3 Å². The summed E-state index contributed by atoms with van der Waals surface area (Å²) in [7, 11) is 0. The van der Waals surface area contributed by atoms with Gasteiger partial charge in [-0.25, -0.2) is 0 Å². The van der Waals surface area contributed by atoms with Gasteiger partial charge in [-0.2, -0.15) is 0 Å². The molecule has 5 heteroatoms. The average Bonchev–Trinajstić information content (AvgIpc) is 3.22. The fraction of sp³-hybridized carbons (Fsp3) is 0.417. The standard InChI is InChI=1S/C24H28N2O3/c1-16-11-17(2)22-19(12-16)13-20(23(27)25-22)14-26(15-21-9-6-10-29-21)24(28)18-7-4-3-5-8-18/h6,9-13,18H,3-5,7-8,14-15H2,1-2H3,(H,25,27). The van der Waals surface area contributed by atoms with E-state index in [-0.39, 0.29) is 23.9 Å². The van der Waals surface area contributed by atoms with Gasteiger partial charge >= 0.3 is 0 Å². The molecule has 1 aromatic carbocycles.